The number of amides is 1. The predicted molar refractivity (Wildman–Crippen MR) is 138 cm³/mol. The Morgan fingerprint density at radius 3 is 2.39 bits per heavy atom. The van der Waals surface area contributed by atoms with Crippen molar-refractivity contribution in [2.45, 2.75) is 39.0 Å². The van der Waals surface area contributed by atoms with Gasteiger partial charge in [0.2, 0.25) is 5.91 Å². The average molecular weight is 478 g/mol. The lowest BCUT2D eigenvalue weighted by molar-refractivity contribution is -0.116. The zero-order valence-corrected chi connectivity index (χ0v) is 21.2. The first kappa shape index (κ1) is 25.7. The highest BCUT2D eigenvalue weighted by atomic mass is 35.5. The Hall–Kier alpha value is -1.60. The molecule has 3 rings (SSSR count). The van der Waals surface area contributed by atoms with Crippen molar-refractivity contribution in [3.63, 3.8) is 0 Å². The summed E-state index contributed by atoms with van der Waals surface area (Å²) in [5, 5.41) is 0.805. The molecule has 0 fully saturated rings. The third-order valence-electron chi connectivity index (χ3n) is 5.30. The monoisotopic (exact) mass is 477 g/mol. The van der Waals surface area contributed by atoms with E-state index in [2.05, 4.69) is 75.1 Å². The maximum atomic E-state index is 13.2. The number of fused-ring (bicyclic) bond motifs is 1. The number of hydrogen-bond acceptors (Lipinski definition) is 5. The number of rotatable bonds is 10. The van der Waals surface area contributed by atoms with Crippen LogP contribution in [0.4, 0.5) is 5.13 Å². The van der Waals surface area contributed by atoms with Gasteiger partial charge >= 0.3 is 0 Å². The van der Waals surface area contributed by atoms with Crippen LogP contribution in [0.25, 0.3) is 10.2 Å². The molecular formula is C24H32ClN3OS2. The fraction of sp³-hybridized carbons (Fsp3) is 0.417. The van der Waals surface area contributed by atoms with E-state index in [1.807, 2.05) is 4.90 Å². The molecule has 31 heavy (non-hydrogen) atoms. The van der Waals surface area contributed by atoms with Crippen molar-refractivity contribution in [2.75, 3.05) is 36.8 Å². The molecule has 4 nitrogen and oxygen atoms in total. The quantitative estimate of drug-likeness (QED) is 0.333. The number of benzene rings is 2. The molecule has 0 spiro atoms. The summed E-state index contributed by atoms with van der Waals surface area (Å²) in [4.78, 5) is 23.4. The third-order valence-corrected chi connectivity index (χ3v) is 7.34. The molecule has 7 heteroatoms. The van der Waals surface area contributed by atoms with E-state index in [-0.39, 0.29) is 18.3 Å². The van der Waals surface area contributed by atoms with E-state index in [0.29, 0.717) is 12.3 Å². The number of carbonyl (C=O) groups is 1. The highest BCUT2D eigenvalue weighted by Crippen LogP contribution is 2.30. The van der Waals surface area contributed by atoms with Crippen molar-refractivity contribution in [1.29, 1.82) is 0 Å². The van der Waals surface area contributed by atoms with Gasteiger partial charge in [0.25, 0.3) is 0 Å². The van der Waals surface area contributed by atoms with E-state index >= 15 is 0 Å². The van der Waals surface area contributed by atoms with Gasteiger partial charge in [-0.25, -0.2) is 4.98 Å². The number of thiazole rings is 1. The number of aromatic nitrogens is 1. The van der Waals surface area contributed by atoms with Gasteiger partial charge in [-0.05, 0) is 56.3 Å². The molecule has 0 unspecified atom stereocenters. The Labute approximate surface area is 200 Å². The number of nitrogens with zero attached hydrogens (tertiary/aromatic N) is 3. The number of thioether (sulfide) groups is 1. The molecule has 1 aromatic heterocycles. The van der Waals surface area contributed by atoms with Crippen LogP contribution in [0.5, 0.6) is 0 Å². The predicted octanol–water partition coefficient (Wildman–Crippen LogP) is 6.06. The lowest BCUT2D eigenvalue weighted by atomic mass is 10.2. The Kier molecular flexibility index (Phi) is 10.3. The standard InChI is InChI=1S/C24H31N3OS2.ClH/c1-5-19-10-13-21-22(16-19)30-24(25-21)27(15-14-26(6-2)7-3)23(28)17-29-20-11-8-18(4)9-12-20;/h8-13,16H,5-7,14-15,17H2,1-4H3;1H. The zero-order chi connectivity index (χ0) is 21.5. The molecule has 3 aromatic rings. The van der Waals surface area contributed by atoms with Crippen molar-refractivity contribution >= 4 is 56.8 Å². The minimum Gasteiger partial charge on any atom is -0.302 e. The molecule has 0 saturated heterocycles. The van der Waals surface area contributed by atoms with Gasteiger partial charge in [0, 0.05) is 18.0 Å². The van der Waals surface area contributed by atoms with Crippen LogP contribution < -0.4 is 4.90 Å². The largest absolute Gasteiger partial charge is 0.302 e. The molecule has 168 valence electrons. The van der Waals surface area contributed by atoms with E-state index in [9.17, 15) is 4.79 Å². The van der Waals surface area contributed by atoms with Gasteiger partial charge in [0.1, 0.15) is 0 Å². The first-order valence-electron chi connectivity index (χ1n) is 10.7. The molecule has 0 bridgehead atoms. The fourth-order valence-electron chi connectivity index (χ4n) is 3.26. The molecule has 0 atom stereocenters. The summed E-state index contributed by atoms with van der Waals surface area (Å²) < 4.78 is 1.15. The summed E-state index contributed by atoms with van der Waals surface area (Å²) in [6.45, 7) is 12.0. The van der Waals surface area contributed by atoms with Crippen LogP contribution in [0, 0.1) is 6.92 Å². The molecule has 0 N–H and O–H groups in total. The number of anilines is 1. The van der Waals surface area contributed by atoms with Gasteiger partial charge in [0.15, 0.2) is 5.13 Å². The fourth-order valence-corrected chi connectivity index (χ4v) is 5.11. The zero-order valence-electron chi connectivity index (χ0n) is 18.8. The van der Waals surface area contributed by atoms with E-state index < -0.39 is 0 Å². The smallest absolute Gasteiger partial charge is 0.239 e. The Bertz CT molecular complexity index is 971. The summed E-state index contributed by atoms with van der Waals surface area (Å²) in [5.41, 5.74) is 3.50. The second-order valence-electron chi connectivity index (χ2n) is 7.33. The van der Waals surface area contributed by atoms with Gasteiger partial charge in [-0.3, -0.25) is 9.69 Å². The van der Waals surface area contributed by atoms with E-state index in [1.165, 1.54) is 11.1 Å². The van der Waals surface area contributed by atoms with Crippen LogP contribution in [0.3, 0.4) is 0 Å². The molecule has 2 aromatic carbocycles. The Morgan fingerprint density at radius 2 is 1.74 bits per heavy atom. The summed E-state index contributed by atoms with van der Waals surface area (Å²) in [6, 6.07) is 14.7. The number of likely N-dealkylation sites (N-methyl/N-ethyl adjacent to an activating group) is 1. The molecular weight excluding hydrogens is 446 g/mol. The van der Waals surface area contributed by atoms with Crippen molar-refractivity contribution in [2.24, 2.45) is 0 Å². The average Bonchev–Trinajstić information content (AvgIpc) is 3.19. The van der Waals surface area contributed by atoms with Crippen molar-refractivity contribution < 1.29 is 4.79 Å². The van der Waals surface area contributed by atoms with Crippen LogP contribution >= 0.6 is 35.5 Å². The van der Waals surface area contributed by atoms with Crippen molar-refractivity contribution in [3.8, 4) is 0 Å². The van der Waals surface area contributed by atoms with Crippen molar-refractivity contribution in [3.05, 3.63) is 53.6 Å². The molecule has 0 saturated carbocycles. The topological polar surface area (TPSA) is 36.4 Å². The normalized spacial score (nSPS) is 11.0. The van der Waals surface area contributed by atoms with E-state index in [4.69, 9.17) is 4.98 Å². The van der Waals surface area contributed by atoms with Gasteiger partial charge in [-0.1, -0.05) is 55.9 Å². The SMILES string of the molecule is CCc1ccc2nc(N(CCN(CC)CC)C(=O)CSc3ccc(C)cc3)sc2c1.Cl. The van der Waals surface area contributed by atoms with Gasteiger partial charge < -0.3 is 4.90 Å². The first-order chi connectivity index (χ1) is 14.5. The van der Waals surface area contributed by atoms with Crippen LogP contribution in [-0.2, 0) is 11.2 Å². The van der Waals surface area contributed by atoms with E-state index in [0.717, 1.165) is 46.3 Å². The van der Waals surface area contributed by atoms with Crippen LogP contribution in [0.2, 0.25) is 0 Å². The maximum Gasteiger partial charge on any atom is 0.239 e. The molecule has 0 aliphatic rings. The summed E-state index contributed by atoms with van der Waals surface area (Å²) in [7, 11) is 0. The summed E-state index contributed by atoms with van der Waals surface area (Å²) >= 11 is 3.21. The van der Waals surface area contributed by atoms with Crippen molar-refractivity contribution in [1.82, 2.24) is 9.88 Å². The Balaban J connectivity index is 0.00000341. The summed E-state index contributed by atoms with van der Waals surface area (Å²) in [5.74, 6) is 0.528. The summed E-state index contributed by atoms with van der Waals surface area (Å²) in [6.07, 6.45) is 1.00. The lowest BCUT2D eigenvalue weighted by Gasteiger charge is -2.24. The number of carbonyl (C=O) groups excluding carboxylic acids is 1. The molecule has 1 heterocycles. The van der Waals surface area contributed by atoms with Gasteiger partial charge in [-0.2, -0.15) is 0 Å². The third kappa shape index (κ3) is 6.94. The van der Waals surface area contributed by atoms with Crippen LogP contribution in [0.15, 0.2) is 47.4 Å². The number of aryl methyl sites for hydroxylation is 2. The maximum absolute atomic E-state index is 13.2. The minimum absolute atomic E-state index is 0. The molecule has 0 radical (unpaired) electrons. The second-order valence-corrected chi connectivity index (χ2v) is 9.38. The molecule has 0 aliphatic carbocycles. The minimum atomic E-state index is 0. The van der Waals surface area contributed by atoms with Crippen LogP contribution in [-0.4, -0.2) is 47.7 Å². The highest BCUT2D eigenvalue weighted by Gasteiger charge is 2.20. The molecule has 1 amide bonds. The number of hydrogen-bond donors (Lipinski definition) is 0. The van der Waals surface area contributed by atoms with E-state index in [1.54, 1.807) is 23.1 Å². The lowest BCUT2D eigenvalue weighted by Crippen LogP contribution is -2.39. The van der Waals surface area contributed by atoms with Gasteiger partial charge in [-0.15, -0.1) is 24.2 Å². The molecule has 0 aliphatic heterocycles. The first-order valence-corrected chi connectivity index (χ1v) is 12.5. The highest BCUT2D eigenvalue weighted by molar-refractivity contribution is 8.00. The number of halogens is 1. The van der Waals surface area contributed by atoms with Gasteiger partial charge in [0.05, 0.1) is 16.0 Å². The van der Waals surface area contributed by atoms with Crippen LogP contribution in [0.1, 0.15) is 31.9 Å². The Morgan fingerprint density at radius 1 is 1.03 bits per heavy atom. The second kappa shape index (κ2) is 12.4.